The van der Waals surface area contributed by atoms with E-state index in [0.29, 0.717) is 12.4 Å². The summed E-state index contributed by atoms with van der Waals surface area (Å²) >= 11 is 0. The van der Waals surface area contributed by atoms with Gasteiger partial charge in [0, 0.05) is 45.0 Å². The smallest absolute Gasteiger partial charge is 0.161 e. The summed E-state index contributed by atoms with van der Waals surface area (Å²) in [6.07, 6.45) is 4.35. The number of anilines is 1. The van der Waals surface area contributed by atoms with E-state index in [1.807, 2.05) is 25.2 Å². The third-order valence-corrected chi connectivity index (χ3v) is 6.09. The summed E-state index contributed by atoms with van der Waals surface area (Å²) in [6.45, 7) is 6.25. The van der Waals surface area contributed by atoms with Crippen LogP contribution < -0.4 is 9.64 Å². The lowest BCUT2D eigenvalue weighted by molar-refractivity contribution is -0.0275. The molecule has 2 N–H and O–H groups in total. The largest absolute Gasteiger partial charge is 0.504 e. The second-order valence-electron chi connectivity index (χ2n) is 8.51. The van der Waals surface area contributed by atoms with Crippen LogP contribution in [0.4, 0.5) is 5.69 Å². The van der Waals surface area contributed by atoms with Gasteiger partial charge in [0.2, 0.25) is 0 Å². The number of phenols is 1. The molecular weight excluding hydrogens is 376 g/mol. The van der Waals surface area contributed by atoms with E-state index in [-0.39, 0.29) is 5.75 Å². The van der Waals surface area contributed by atoms with E-state index in [9.17, 15) is 10.2 Å². The normalized spacial score (nSPS) is 16.4. The first-order chi connectivity index (χ1) is 14.5. The predicted molar refractivity (Wildman–Crippen MR) is 122 cm³/mol. The molecule has 2 aromatic rings. The molecule has 164 valence electrons. The molecule has 2 aromatic carbocycles. The fourth-order valence-corrected chi connectivity index (χ4v) is 3.92. The van der Waals surface area contributed by atoms with E-state index in [2.05, 4.69) is 41.0 Å². The van der Waals surface area contributed by atoms with Crippen LogP contribution in [-0.4, -0.2) is 54.0 Å². The first-order valence-electron chi connectivity index (χ1n) is 11.1. The molecule has 0 radical (unpaired) electrons. The number of hydrogen-bond acceptors (Lipinski definition) is 5. The number of ether oxygens (including phenoxy) is 1. The average Bonchev–Trinajstić information content (AvgIpc) is 2.76. The Hall–Kier alpha value is -2.24. The lowest BCUT2D eigenvalue weighted by Crippen LogP contribution is -2.45. The highest BCUT2D eigenvalue weighted by molar-refractivity contribution is 5.55. The van der Waals surface area contributed by atoms with Gasteiger partial charge in [0.25, 0.3) is 0 Å². The summed E-state index contributed by atoms with van der Waals surface area (Å²) in [6, 6.07) is 16.0. The van der Waals surface area contributed by atoms with Crippen molar-refractivity contribution in [3.63, 3.8) is 0 Å². The first-order valence-corrected chi connectivity index (χ1v) is 11.1. The Morgan fingerprint density at radius 2 is 1.83 bits per heavy atom. The van der Waals surface area contributed by atoms with Crippen molar-refractivity contribution in [2.75, 3.05) is 38.2 Å². The Balaban J connectivity index is 1.46. The molecule has 0 bridgehead atoms. The topological polar surface area (TPSA) is 56.2 Å². The number of phenolic OH excluding ortho intramolecular Hbond substituents is 1. The number of aromatic hydroxyl groups is 1. The van der Waals surface area contributed by atoms with E-state index in [1.54, 1.807) is 6.07 Å². The number of likely N-dealkylation sites (tertiary alicyclic amines) is 1. The molecule has 0 spiro atoms. The minimum Gasteiger partial charge on any atom is -0.504 e. The number of hydrogen-bond donors (Lipinski definition) is 2. The Morgan fingerprint density at radius 3 is 2.50 bits per heavy atom. The molecule has 3 rings (SSSR count). The molecule has 1 heterocycles. The van der Waals surface area contributed by atoms with Crippen LogP contribution in [0.25, 0.3) is 0 Å². The van der Waals surface area contributed by atoms with Crippen LogP contribution in [0, 0.1) is 0 Å². The average molecular weight is 413 g/mol. The van der Waals surface area contributed by atoms with Gasteiger partial charge in [0.05, 0.1) is 12.2 Å². The molecule has 0 atom stereocenters. The van der Waals surface area contributed by atoms with E-state index in [4.69, 9.17) is 4.74 Å². The molecule has 0 aliphatic carbocycles. The van der Waals surface area contributed by atoms with Crippen LogP contribution in [0.15, 0.2) is 48.5 Å². The van der Waals surface area contributed by atoms with Gasteiger partial charge in [0.15, 0.2) is 11.5 Å². The molecule has 0 amide bonds. The Morgan fingerprint density at radius 1 is 1.10 bits per heavy atom. The van der Waals surface area contributed by atoms with Gasteiger partial charge in [-0.15, -0.1) is 0 Å². The quantitative estimate of drug-likeness (QED) is 0.566. The van der Waals surface area contributed by atoms with E-state index < -0.39 is 5.60 Å². The van der Waals surface area contributed by atoms with Gasteiger partial charge in [-0.25, -0.2) is 0 Å². The van der Waals surface area contributed by atoms with Crippen LogP contribution in [-0.2, 0) is 6.54 Å². The summed E-state index contributed by atoms with van der Waals surface area (Å²) in [7, 11) is 2.00. The molecule has 30 heavy (non-hydrogen) atoms. The standard InChI is InChI=1S/C25H36N2O3/c1-3-4-18-30-24-11-10-22(19-23(24)28)26(2)15-12-25(29)13-16-27(17-14-25)20-21-8-6-5-7-9-21/h5-11,19,28-29H,3-4,12-18,20H2,1-2H3. The van der Waals surface area contributed by atoms with Gasteiger partial charge in [-0.2, -0.15) is 0 Å². The van der Waals surface area contributed by atoms with Crippen molar-refractivity contribution in [1.82, 2.24) is 4.90 Å². The number of nitrogens with zero attached hydrogens (tertiary/aromatic N) is 2. The molecule has 0 aromatic heterocycles. The zero-order valence-electron chi connectivity index (χ0n) is 18.4. The summed E-state index contributed by atoms with van der Waals surface area (Å²) in [5, 5.41) is 21.3. The highest BCUT2D eigenvalue weighted by Gasteiger charge is 2.32. The Bertz CT molecular complexity index is 773. The van der Waals surface area contributed by atoms with Crippen LogP contribution >= 0.6 is 0 Å². The van der Waals surface area contributed by atoms with Crippen molar-refractivity contribution in [3.8, 4) is 11.5 Å². The number of aliphatic hydroxyl groups is 1. The van der Waals surface area contributed by atoms with E-state index in [0.717, 1.165) is 64.0 Å². The summed E-state index contributed by atoms with van der Waals surface area (Å²) in [5.41, 5.74) is 1.64. The summed E-state index contributed by atoms with van der Waals surface area (Å²) < 4.78 is 5.62. The lowest BCUT2D eigenvalue weighted by Gasteiger charge is -2.39. The molecule has 0 saturated carbocycles. The molecule has 1 fully saturated rings. The van der Waals surface area contributed by atoms with Gasteiger partial charge >= 0.3 is 0 Å². The van der Waals surface area contributed by atoms with Crippen molar-refractivity contribution in [2.24, 2.45) is 0 Å². The minimum atomic E-state index is -0.618. The second kappa shape index (κ2) is 10.7. The van der Waals surface area contributed by atoms with Crippen LogP contribution in [0.1, 0.15) is 44.6 Å². The molecule has 1 saturated heterocycles. The maximum Gasteiger partial charge on any atom is 0.161 e. The highest BCUT2D eigenvalue weighted by Crippen LogP contribution is 2.32. The molecule has 5 heteroatoms. The molecule has 1 aliphatic heterocycles. The van der Waals surface area contributed by atoms with Crippen LogP contribution in [0.2, 0.25) is 0 Å². The third-order valence-electron chi connectivity index (χ3n) is 6.09. The summed E-state index contributed by atoms with van der Waals surface area (Å²) in [4.78, 5) is 4.51. The minimum absolute atomic E-state index is 0.170. The third kappa shape index (κ3) is 6.38. The van der Waals surface area contributed by atoms with Crippen molar-refractivity contribution >= 4 is 5.69 Å². The highest BCUT2D eigenvalue weighted by atomic mass is 16.5. The lowest BCUT2D eigenvalue weighted by atomic mass is 9.88. The molecule has 0 unspecified atom stereocenters. The monoisotopic (exact) mass is 412 g/mol. The van der Waals surface area contributed by atoms with Gasteiger partial charge < -0.3 is 19.8 Å². The fourth-order valence-electron chi connectivity index (χ4n) is 3.92. The maximum atomic E-state index is 11.0. The van der Waals surface area contributed by atoms with Crippen molar-refractivity contribution < 1.29 is 14.9 Å². The zero-order chi connectivity index (χ0) is 21.4. The van der Waals surface area contributed by atoms with E-state index >= 15 is 0 Å². The molecule has 1 aliphatic rings. The Labute approximate surface area is 180 Å². The number of unbranched alkanes of at least 4 members (excludes halogenated alkanes) is 1. The van der Waals surface area contributed by atoms with Crippen molar-refractivity contribution in [1.29, 1.82) is 0 Å². The van der Waals surface area contributed by atoms with Gasteiger partial charge in [0.1, 0.15) is 0 Å². The van der Waals surface area contributed by atoms with Crippen LogP contribution in [0.5, 0.6) is 11.5 Å². The maximum absolute atomic E-state index is 11.0. The van der Waals surface area contributed by atoms with E-state index in [1.165, 1.54) is 5.56 Å². The van der Waals surface area contributed by atoms with Crippen LogP contribution in [0.3, 0.4) is 0 Å². The van der Waals surface area contributed by atoms with Gasteiger partial charge in [-0.3, -0.25) is 4.90 Å². The zero-order valence-corrected chi connectivity index (χ0v) is 18.4. The predicted octanol–water partition coefficient (Wildman–Crippen LogP) is 4.42. The number of rotatable bonds is 10. The second-order valence-corrected chi connectivity index (χ2v) is 8.51. The SMILES string of the molecule is CCCCOc1ccc(N(C)CCC2(O)CCN(Cc3ccccc3)CC2)cc1O. The van der Waals surface area contributed by atoms with Gasteiger partial charge in [-0.1, -0.05) is 43.7 Å². The number of benzene rings is 2. The molecular formula is C25H36N2O3. The Kier molecular flexibility index (Phi) is 8.00. The summed E-state index contributed by atoms with van der Waals surface area (Å²) in [5.74, 6) is 0.702. The fraction of sp³-hybridized carbons (Fsp3) is 0.520. The van der Waals surface area contributed by atoms with Crippen molar-refractivity contribution in [3.05, 3.63) is 54.1 Å². The van der Waals surface area contributed by atoms with Gasteiger partial charge in [-0.05, 0) is 43.4 Å². The molecule has 5 nitrogen and oxygen atoms in total. The first kappa shape index (κ1) is 22.4. The van der Waals surface area contributed by atoms with Crippen molar-refractivity contribution in [2.45, 2.75) is 51.2 Å². The number of piperidine rings is 1.